The monoisotopic (exact) mass is 307 g/mol. The highest BCUT2D eigenvalue weighted by atomic mass is 35.5. The normalized spacial score (nSPS) is 21.7. The molecule has 0 bridgehead atoms. The Morgan fingerprint density at radius 1 is 1.19 bits per heavy atom. The van der Waals surface area contributed by atoms with Gasteiger partial charge in [0.25, 0.3) is 0 Å². The summed E-state index contributed by atoms with van der Waals surface area (Å²) in [7, 11) is 0. The minimum atomic E-state index is -0.558. The molecule has 1 fully saturated rings. The topological polar surface area (TPSA) is 20.3 Å². The van der Waals surface area contributed by atoms with Crippen LogP contribution >= 0.6 is 11.6 Å². The second kappa shape index (κ2) is 6.83. The molecular formula is C18H26ClNO. The third kappa shape index (κ3) is 4.23. The van der Waals surface area contributed by atoms with Crippen LogP contribution in [0.5, 0.6) is 0 Å². The molecule has 21 heavy (non-hydrogen) atoms. The Morgan fingerprint density at radius 3 is 2.48 bits per heavy atom. The first kappa shape index (κ1) is 16.4. The van der Waals surface area contributed by atoms with Crippen molar-refractivity contribution in [3.05, 3.63) is 35.9 Å². The molecule has 1 aromatic rings. The Hall–Kier alpha value is -1.02. The van der Waals surface area contributed by atoms with Crippen molar-refractivity contribution in [1.29, 1.82) is 0 Å². The number of nitrogens with zero attached hydrogens (tertiary/aromatic N) is 1. The number of benzene rings is 1. The van der Waals surface area contributed by atoms with E-state index in [2.05, 4.69) is 20.8 Å². The summed E-state index contributed by atoms with van der Waals surface area (Å²) in [5.41, 5.74) is 1.21. The molecule has 2 rings (SSSR count). The zero-order valence-electron chi connectivity index (χ0n) is 13.3. The maximum atomic E-state index is 12.6. The molecule has 1 aliphatic heterocycles. The van der Waals surface area contributed by atoms with Gasteiger partial charge in [-0.2, -0.15) is 0 Å². The molecule has 2 nitrogen and oxygen atoms in total. The Bertz CT molecular complexity index is 466. The lowest BCUT2D eigenvalue weighted by Crippen LogP contribution is -2.34. The molecule has 1 heterocycles. The molecule has 1 amide bonds. The molecule has 1 saturated heterocycles. The average Bonchev–Trinajstić information content (AvgIpc) is 2.72. The van der Waals surface area contributed by atoms with Crippen LogP contribution in [0.4, 0.5) is 0 Å². The quantitative estimate of drug-likeness (QED) is 0.729. The zero-order valence-corrected chi connectivity index (χ0v) is 14.1. The summed E-state index contributed by atoms with van der Waals surface area (Å²) in [5.74, 6) is 0.734. The van der Waals surface area contributed by atoms with E-state index < -0.39 is 5.38 Å². The number of carbonyl (C=O) groups excluding carboxylic acids is 1. The first-order valence-corrected chi connectivity index (χ1v) is 8.31. The van der Waals surface area contributed by atoms with Gasteiger partial charge >= 0.3 is 0 Å². The molecule has 0 spiro atoms. The van der Waals surface area contributed by atoms with Gasteiger partial charge in [-0.25, -0.2) is 0 Å². The number of carbonyl (C=O) groups is 1. The Morgan fingerprint density at radius 2 is 1.86 bits per heavy atom. The van der Waals surface area contributed by atoms with Gasteiger partial charge in [-0.1, -0.05) is 51.1 Å². The van der Waals surface area contributed by atoms with E-state index in [4.69, 9.17) is 11.6 Å². The second-order valence-electron chi connectivity index (χ2n) is 7.09. The minimum Gasteiger partial charge on any atom is -0.341 e. The average molecular weight is 308 g/mol. The summed E-state index contributed by atoms with van der Waals surface area (Å²) in [6, 6.07) is 9.64. The van der Waals surface area contributed by atoms with Crippen molar-refractivity contribution in [3.63, 3.8) is 0 Å². The number of amides is 1. The maximum absolute atomic E-state index is 12.6. The summed E-state index contributed by atoms with van der Waals surface area (Å²) in [5, 5.41) is -0.558. The summed E-state index contributed by atoms with van der Waals surface area (Å²) in [4.78, 5) is 14.6. The van der Waals surface area contributed by atoms with E-state index in [1.54, 1.807) is 0 Å². The maximum Gasteiger partial charge on any atom is 0.245 e. The van der Waals surface area contributed by atoms with E-state index >= 15 is 0 Å². The zero-order chi connectivity index (χ0) is 15.5. The number of alkyl halides is 1. The number of halogens is 1. The van der Waals surface area contributed by atoms with E-state index in [1.807, 2.05) is 35.2 Å². The van der Waals surface area contributed by atoms with Crippen LogP contribution in [0.25, 0.3) is 0 Å². The molecule has 0 N–H and O–H groups in total. The van der Waals surface area contributed by atoms with Crippen molar-refractivity contribution < 1.29 is 4.79 Å². The van der Waals surface area contributed by atoms with Gasteiger partial charge in [0.15, 0.2) is 0 Å². The second-order valence-corrected chi connectivity index (χ2v) is 7.53. The first-order valence-electron chi connectivity index (χ1n) is 7.87. The van der Waals surface area contributed by atoms with Crippen molar-refractivity contribution >= 4 is 17.5 Å². The highest BCUT2D eigenvalue weighted by Crippen LogP contribution is 2.35. The first-order chi connectivity index (χ1) is 9.89. The summed E-state index contributed by atoms with van der Waals surface area (Å²) in [6.07, 6.45) is 3.35. The fourth-order valence-corrected chi connectivity index (χ4v) is 3.39. The van der Waals surface area contributed by atoms with E-state index in [1.165, 1.54) is 6.42 Å². The summed E-state index contributed by atoms with van der Waals surface area (Å²) < 4.78 is 0. The van der Waals surface area contributed by atoms with E-state index in [9.17, 15) is 4.79 Å². The van der Waals surface area contributed by atoms with Gasteiger partial charge in [0.05, 0.1) is 0 Å². The standard InChI is InChI=1S/C18H26ClNO/c1-18(2,3)15-10-7-12-20(13-11-15)17(21)16(19)14-8-5-4-6-9-14/h4-6,8-9,15-16H,7,10-13H2,1-3H3. The van der Waals surface area contributed by atoms with Crippen LogP contribution in [0.15, 0.2) is 30.3 Å². The van der Waals surface area contributed by atoms with Crippen LogP contribution in [0.1, 0.15) is 51.0 Å². The highest BCUT2D eigenvalue weighted by Gasteiger charge is 2.30. The molecule has 3 heteroatoms. The van der Waals surface area contributed by atoms with Gasteiger partial charge < -0.3 is 4.90 Å². The van der Waals surface area contributed by atoms with Gasteiger partial charge in [0.1, 0.15) is 5.38 Å². The van der Waals surface area contributed by atoms with Gasteiger partial charge in [-0.05, 0) is 36.2 Å². The molecule has 0 aromatic heterocycles. The van der Waals surface area contributed by atoms with Crippen LogP contribution in [-0.2, 0) is 4.79 Å². The van der Waals surface area contributed by atoms with E-state index in [0.29, 0.717) is 11.3 Å². The van der Waals surface area contributed by atoms with Crippen LogP contribution in [-0.4, -0.2) is 23.9 Å². The Kier molecular flexibility index (Phi) is 5.32. The summed E-state index contributed by atoms with van der Waals surface area (Å²) in [6.45, 7) is 8.55. The minimum absolute atomic E-state index is 0.0532. The largest absolute Gasteiger partial charge is 0.341 e. The molecule has 116 valence electrons. The lowest BCUT2D eigenvalue weighted by Gasteiger charge is -2.30. The van der Waals surface area contributed by atoms with E-state index in [0.717, 1.165) is 31.5 Å². The predicted octanol–water partition coefficient (Wildman–Crippen LogP) is 4.64. The third-order valence-electron chi connectivity index (χ3n) is 4.57. The van der Waals surface area contributed by atoms with E-state index in [-0.39, 0.29) is 5.91 Å². The van der Waals surface area contributed by atoms with Crippen LogP contribution in [0, 0.1) is 11.3 Å². The van der Waals surface area contributed by atoms with Crippen LogP contribution < -0.4 is 0 Å². The number of likely N-dealkylation sites (tertiary alicyclic amines) is 1. The summed E-state index contributed by atoms with van der Waals surface area (Å²) >= 11 is 6.38. The predicted molar refractivity (Wildman–Crippen MR) is 88.4 cm³/mol. The van der Waals surface area contributed by atoms with Gasteiger partial charge in [0.2, 0.25) is 5.91 Å². The fraction of sp³-hybridized carbons (Fsp3) is 0.611. The molecule has 0 aliphatic carbocycles. The molecule has 1 aromatic carbocycles. The lowest BCUT2D eigenvalue weighted by atomic mass is 9.77. The Balaban J connectivity index is 2.00. The van der Waals surface area contributed by atoms with Crippen molar-refractivity contribution in [2.45, 2.75) is 45.4 Å². The molecular weight excluding hydrogens is 282 g/mol. The number of rotatable bonds is 2. The molecule has 0 saturated carbocycles. The smallest absolute Gasteiger partial charge is 0.245 e. The Labute approximate surface area is 133 Å². The number of hydrogen-bond donors (Lipinski definition) is 0. The molecule has 1 aliphatic rings. The highest BCUT2D eigenvalue weighted by molar-refractivity contribution is 6.30. The third-order valence-corrected chi connectivity index (χ3v) is 5.01. The lowest BCUT2D eigenvalue weighted by molar-refractivity contribution is -0.130. The van der Waals surface area contributed by atoms with Crippen LogP contribution in [0.3, 0.4) is 0 Å². The van der Waals surface area contributed by atoms with Gasteiger partial charge in [-0.15, -0.1) is 11.6 Å². The fourth-order valence-electron chi connectivity index (χ4n) is 3.11. The molecule has 2 atom stereocenters. The molecule has 0 radical (unpaired) electrons. The van der Waals surface area contributed by atoms with Crippen molar-refractivity contribution in [1.82, 2.24) is 4.90 Å². The van der Waals surface area contributed by atoms with Crippen LogP contribution in [0.2, 0.25) is 0 Å². The van der Waals surface area contributed by atoms with Gasteiger partial charge in [0, 0.05) is 13.1 Å². The van der Waals surface area contributed by atoms with Crippen molar-refractivity contribution in [2.75, 3.05) is 13.1 Å². The van der Waals surface area contributed by atoms with Crippen molar-refractivity contribution in [2.24, 2.45) is 11.3 Å². The van der Waals surface area contributed by atoms with Crippen molar-refractivity contribution in [3.8, 4) is 0 Å². The SMILES string of the molecule is CC(C)(C)C1CCCN(C(=O)C(Cl)c2ccccc2)CC1. The van der Waals surface area contributed by atoms with Gasteiger partial charge in [-0.3, -0.25) is 4.79 Å². The molecule has 2 unspecified atom stereocenters. The number of hydrogen-bond acceptors (Lipinski definition) is 1.